The van der Waals surface area contributed by atoms with Crippen LogP contribution in [0.1, 0.15) is 15.9 Å². The van der Waals surface area contributed by atoms with E-state index in [1.807, 2.05) is 48.5 Å². The number of benzene rings is 2. The van der Waals surface area contributed by atoms with Crippen LogP contribution in [-0.4, -0.2) is 18.6 Å². The van der Waals surface area contributed by atoms with Crippen molar-refractivity contribution in [1.82, 2.24) is 0 Å². The molecule has 0 radical (unpaired) electrons. The predicted molar refractivity (Wildman–Crippen MR) is 69.8 cm³/mol. The molecule has 0 heterocycles. The number of rotatable bonds is 1. The fourth-order valence-corrected chi connectivity index (χ4v) is 2.27. The van der Waals surface area contributed by atoms with Crippen molar-refractivity contribution in [3.8, 4) is 11.1 Å². The van der Waals surface area contributed by atoms with Crippen molar-refractivity contribution in [2.75, 3.05) is 7.11 Å². The number of ketones is 1. The molecule has 3 heteroatoms. The Kier molecular flexibility index (Phi) is 2.45. The minimum absolute atomic E-state index is 0.0915. The van der Waals surface area contributed by atoms with Crippen molar-refractivity contribution < 1.29 is 9.63 Å². The van der Waals surface area contributed by atoms with E-state index in [0.717, 1.165) is 16.7 Å². The maximum atomic E-state index is 12.4. The van der Waals surface area contributed by atoms with Crippen LogP contribution in [0.15, 0.2) is 53.7 Å². The van der Waals surface area contributed by atoms with Gasteiger partial charge in [0.05, 0.1) is 0 Å². The Bertz CT molecular complexity index is 659. The highest BCUT2D eigenvalue weighted by atomic mass is 16.6. The van der Waals surface area contributed by atoms with Gasteiger partial charge in [0.25, 0.3) is 0 Å². The largest absolute Gasteiger partial charge is 0.399 e. The Morgan fingerprint density at radius 1 is 0.833 bits per heavy atom. The molecule has 3 nitrogen and oxygen atoms in total. The molecule has 0 N–H and O–H groups in total. The number of hydrogen-bond acceptors (Lipinski definition) is 3. The second-order valence-electron chi connectivity index (χ2n) is 4.04. The molecule has 18 heavy (non-hydrogen) atoms. The van der Waals surface area contributed by atoms with Gasteiger partial charge in [-0.15, -0.1) is 0 Å². The molecule has 0 bridgehead atoms. The quantitative estimate of drug-likeness (QED) is 0.715. The Balaban J connectivity index is 2.35. The van der Waals surface area contributed by atoms with Gasteiger partial charge in [-0.1, -0.05) is 53.7 Å². The number of fused-ring (bicyclic) bond motifs is 3. The van der Waals surface area contributed by atoms with Crippen LogP contribution in [0.3, 0.4) is 0 Å². The third-order valence-electron chi connectivity index (χ3n) is 3.04. The predicted octanol–water partition coefficient (Wildman–Crippen LogP) is 2.90. The highest BCUT2D eigenvalue weighted by molar-refractivity contribution is 6.54. The van der Waals surface area contributed by atoms with Gasteiger partial charge >= 0.3 is 0 Å². The highest BCUT2D eigenvalue weighted by Gasteiger charge is 2.28. The van der Waals surface area contributed by atoms with Crippen LogP contribution >= 0.6 is 0 Å². The monoisotopic (exact) mass is 237 g/mol. The van der Waals surface area contributed by atoms with Gasteiger partial charge in [-0.05, 0) is 11.1 Å². The molecule has 1 aliphatic rings. The molecule has 88 valence electrons. The van der Waals surface area contributed by atoms with Gasteiger partial charge in [-0.2, -0.15) is 0 Å². The molecule has 2 aromatic carbocycles. The van der Waals surface area contributed by atoms with Gasteiger partial charge in [0, 0.05) is 11.1 Å². The van der Waals surface area contributed by atoms with Crippen LogP contribution in [0, 0.1) is 0 Å². The Morgan fingerprint density at radius 3 is 1.94 bits per heavy atom. The second kappa shape index (κ2) is 4.11. The Morgan fingerprint density at radius 2 is 1.33 bits per heavy atom. The average molecular weight is 237 g/mol. The highest BCUT2D eigenvalue weighted by Crippen LogP contribution is 2.33. The van der Waals surface area contributed by atoms with Crippen LogP contribution in [0.5, 0.6) is 0 Å². The lowest BCUT2D eigenvalue weighted by Crippen LogP contribution is -2.22. The number of carbonyl (C=O) groups excluding carboxylic acids is 1. The standard InChI is InChI=1S/C15H11NO2/c1-18-16-14-12-8-4-2-6-10(12)11-7-3-5-9-13(11)15(14)17/h2-9H,1H3/b16-14-. The minimum Gasteiger partial charge on any atom is -0.399 e. The van der Waals surface area contributed by atoms with Gasteiger partial charge in [0.15, 0.2) is 5.71 Å². The summed E-state index contributed by atoms with van der Waals surface area (Å²) in [4.78, 5) is 17.1. The number of nitrogens with zero attached hydrogens (tertiary/aromatic N) is 1. The van der Waals surface area contributed by atoms with E-state index in [4.69, 9.17) is 4.84 Å². The molecular formula is C15H11NO2. The van der Waals surface area contributed by atoms with Crippen LogP contribution in [0.2, 0.25) is 0 Å². The molecule has 0 fully saturated rings. The molecule has 0 unspecified atom stereocenters. The van der Waals surface area contributed by atoms with Crippen molar-refractivity contribution in [3.63, 3.8) is 0 Å². The van der Waals surface area contributed by atoms with Crippen molar-refractivity contribution in [2.45, 2.75) is 0 Å². The van der Waals surface area contributed by atoms with Gasteiger partial charge in [-0.3, -0.25) is 4.79 Å². The molecule has 0 saturated carbocycles. The van der Waals surface area contributed by atoms with E-state index in [-0.39, 0.29) is 5.78 Å². The summed E-state index contributed by atoms with van der Waals surface area (Å²) in [5.74, 6) is -0.0915. The SMILES string of the molecule is CO/N=C1\C(=O)c2ccccc2-c2ccccc21. The number of oxime groups is 1. The van der Waals surface area contributed by atoms with E-state index < -0.39 is 0 Å². The summed E-state index contributed by atoms with van der Waals surface area (Å²) in [6.45, 7) is 0. The average Bonchev–Trinajstić information content (AvgIpc) is 2.43. The third-order valence-corrected chi connectivity index (χ3v) is 3.04. The van der Waals surface area contributed by atoms with Crippen LogP contribution in [-0.2, 0) is 4.84 Å². The van der Waals surface area contributed by atoms with Gasteiger partial charge in [0.1, 0.15) is 7.11 Å². The first-order valence-corrected chi connectivity index (χ1v) is 5.67. The summed E-state index contributed by atoms with van der Waals surface area (Å²) in [5, 5.41) is 3.87. The molecule has 1 aliphatic carbocycles. The van der Waals surface area contributed by atoms with Crippen LogP contribution < -0.4 is 0 Å². The van der Waals surface area contributed by atoms with E-state index in [1.54, 1.807) is 0 Å². The summed E-state index contributed by atoms with van der Waals surface area (Å²) < 4.78 is 0. The first-order chi connectivity index (χ1) is 8.83. The lowest BCUT2D eigenvalue weighted by atomic mass is 9.83. The second-order valence-corrected chi connectivity index (χ2v) is 4.04. The van der Waals surface area contributed by atoms with E-state index in [9.17, 15) is 4.79 Å². The van der Waals surface area contributed by atoms with Crippen molar-refractivity contribution in [3.05, 3.63) is 59.7 Å². The van der Waals surface area contributed by atoms with Gasteiger partial charge in [-0.25, -0.2) is 0 Å². The molecule has 0 amide bonds. The number of carbonyl (C=O) groups is 1. The molecule has 0 spiro atoms. The smallest absolute Gasteiger partial charge is 0.216 e. The fraction of sp³-hybridized carbons (Fsp3) is 0.0667. The lowest BCUT2D eigenvalue weighted by Gasteiger charge is -2.19. The van der Waals surface area contributed by atoms with Crippen molar-refractivity contribution in [1.29, 1.82) is 0 Å². The first-order valence-electron chi connectivity index (χ1n) is 5.67. The Hall–Kier alpha value is -2.42. The molecule has 0 aliphatic heterocycles. The van der Waals surface area contributed by atoms with E-state index in [2.05, 4.69) is 5.16 Å². The first kappa shape index (κ1) is 10.7. The van der Waals surface area contributed by atoms with E-state index in [1.165, 1.54) is 7.11 Å². The fourth-order valence-electron chi connectivity index (χ4n) is 2.27. The zero-order chi connectivity index (χ0) is 12.5. The summed E-state index contributed by atoms with van der Waals surface area (Å²) in [6.07, 6.45) is 0. The zero-order valence-corrected chi connectivity index (χ0v) is 9.88. The summed E-state index contributed by atoms with van der Waals surface area (Å²) in [6, 6.07) is 15.3. The van der Waals surface area contributed by atoms with Gasteiger partial charge in [0.2, 0.25) is 5.78 Å². The molecule has 0 saturated heterocycles. The van der Waals surface area contributed by atoms with Crippen LogP contribution in [0.4, 0.5) is 0 Å². The summed E-state index contributed by atoms with van der Waals surface area (Å²) in [5.41, 5.74) is 3.83. The Labute approximate surface area is 105 Å². The topological polar surface area (TPSA) is 38.7 Å². The third kappa shape index (κ3) is 1.44. The summed E-state index contributed by atoms with van der Waals surface area (Å²) in [7, 11) is 1.45. The normalized spacial score (nSPS) is 15.2. The number of Topliss-reactive ketones (excluding diaryl/α,β-unsaturated/α-hetero) is 1. The maximum Gasteiger partial charge on any atom is 0.216 e. The van der Waals surface area contributed by atoms with Crippen LogP contribution in [0.25, 0.3) is 11.1 Å². The molecule has 0 aromatic heterocycles. The molecular weight excluding hydrogens is 226 g/mol. The van der Waals surface area contributed by atoms with Gasteiger partial charge < -0.3 is 4.84 Å². The minimum atomic E-state index is -0.0915. The summed E-state index contributed by atoms with van der Waals surface area (Å²) >= 11 is 0. The lowest BCUT2D eigenvalue weighted by molar-refractivity contribution is 0.105. The van der Waals surface area contributed by atoms with Crippen molar-refractivity contribution in [2.24, 2.45) is 5.16 Å². The molecule has 3 rings (SSSR count). The van der Waals surface area contributed by atoms with Crippen molar-refractivity contribution >= 4 is 11.5 Å². The van der Waals surface area contributed by atoms with E-state index in [0.29, 0.717) is 11.3 Å². The molecule has 2 aromatic rings. The maximum absolute atomic E-state index is 12.4. The zero-order valence-electron chi connectivity index (χ0n) is 9.88. The molecule has 0 atom stereocenters. The van der Waals surface area contributed by atoms with E-state index >= 15 is 0 Å². The number of hydrogen-bond donors (Lipinski definition) is 0.